The lowest BCUT2D eigenvalue weighted by molar-refractivity contribution is 0.181. The fourth-order valence-electron chi connectivity index (χ4n) is 3.28. The van der Waals surface area contributed by atoms with E-state index in [1.54, 1.807) is 22.2 Å². The van der Waals surface area contributed by atoms with Gasteiger partial charge in [-0.2, -0.15) is 9.40 Å². The Morgan fingerprint density at radius 2 is 1.65 bits per heavy atom. The van der Waals surface area contributed by atoms with E-state index in [4.69, 9.17) is 0 Å². The summed E-state index contributed by atoms with van der Waals surface area (Å²) in [6, 6.07) is 10.3. The second-order valence-corrected chi connectivity index (χ2v) is 9.84. The van der Waals surface area contributed by atoms with E-state index >= 15 is 0 Å². The zero-order valence-electron chi connectivity index (χ0n) is 16.0. The summed E-state index contributed by atoms with van der Waals surface area (Å²) in [6.45, 7) is 9.32. The van der Waals surface area contributed by atoms with Crippen molar-refractivity contribution in [1.82, 2.24) is 19.0 Å². The first kappa shape index (κ1) is 19.1. The van der Waals surface area contributed by atoms with Crippen LogP contribution in [0.3, 0.4) is 0 Å². The average molecular weight is 377 g/mol. The Morgan fingerprint density at radius 1 is 1.04 bits per heavy atom. The monoisotopic (exact) mass is 376 g/mol. The van der Waals surface area contributed by atoms with E-state index in [1.807, 2.05) is 39.0 Å². The van der Waals surface area contributed by atoms with Gasteiger partial charge in [-0.1, -0.05) is 51.1 Å². The Labute approximate surface area is 156 Å². The Balaban J connectivity index is 1.73. The SMILES string of the molecule is Cn1cc(S(=O)(=O)N2CCN(Cc3ccccc3)CC2)c(C(C)(C)C)n1. The van der Waals surface area contributed by atoms with Gasteiger partial charge in [-0.15, -0.1) is 0 Å². The molecule has 2 heterocycles. The molecule has 1 aromatic heterocycles. The predicted octanol–water partition coefficient (Wildman–Crippen LogP) is 2.22. The van der Waals surface area contributed by atoms with Crippen LogP contribution in [0.1, 0.15) is 32.0 Å². The molecule has 1 saturated heterocycles. The molecule has 6 nitrogen and oxygen atoms in total. The minimum absolute atomic E-state index is 0.321. The van der Waals surface area contributed by atoms with Gasteiger partial charge >= 0.3 is 0 Å². The molecule has 0 radical (unpaired) electrons. The summed E-state index contributed by atoms with van der Waals surface area (Å²) in [4.78, 5) is 2.64. The quantitative estimate of drug-likeness (QED) is 0.821. The van der Waals surface area contributed by atoms with Crippen LogP contribution in [0.2, 0.25) is 0 Å². The molecule has 0 amide bonds. The van der Waals surface area contributed by atoms with Crippen LogP contribution in [0, 0.1) is 0 Å². The van der Waals surface area contributed by atoms with Gasteiger partial charge < -0.3 is 0 Å². The fraction of sp³-hybridized carbons (Fsp3) is 0.526. The molecule has 142 valence electrons. The molecule has 1 aliphatic heterocycles. The Kier molecular flexibility index (Phi) is 5.23. The molecule has 0 spiro atoms. The van der Waals surface area contributed by atoms with Crippen LogP contribution in [-0.4, -0.2) is 53.6 Å². The zero-order valence-corrected chi connectivity index (χ0v) is 16.8. The third-order valence-corrected chi connectivity index (χ3v) is 6.60. The predicted molar refractivity (Wildman–Crippen MR) is 102 cm³/mol. The Bertz CT molecular complexity index is 845. The Morgan fingerprint density at radius 3 is 2.23 bits per heavy atom. The van der Waals surface area contributed by atoms with Crippen molar-refractivity contribution in [2.45, 2.75) is 37.6 Å². The van der Waals surface area contributed by atoms with Crippen LogP contribution in [0.25, 0.3) is 0 Å². The van der Waals surface area contributed by atoms with E-state index < -0.39 is 10.0 Å². The second kappa shape index (κ2) is 7.13. The molecule has 1 fully saturated rings. The lowest BCUT2D eigenvalue weighted by atomic mass is 9.92. The molecule has 0 atom stereocenters. The first-order valence-electron chi connectivity index (χ1n) is 8.98. The van der Waals surface area contributed by atoms with Gasteiger partial charge in [-0.25, -0.2) is 8.42 Å². The number of hydrogen-bond acceptors (Lipinski definition) is 4. The molecule has 3 rings (SSSR count). The van der Waals surface area contributed by atoms with Crippen LogP contribution in [0.4, 0.5) is 0 Å². The van der Waals surface area contributed by atoms with Crippen molar-refractivity contribution in [3.63, 3.8) is 0 Å². The molecule has 0 unspecified atom stereocenters. The highest BCUT2D eigenvalue weighted by Crippen LogP contribution is 2.29. The highest BCUT2D eigenvalue weighted by Gasteiger charge is 2.35. The summed E-state index contributed by atoms with van der Waals surface area (Å²) in [6.07, 6.45) is 1.63. The Hall–Kier alpha value is -1.70. The van der Waals surface area contributed by atoms with Gasteiger partial charge in [0.25, 0.3) is 0 Å². The number of benzene rings is 1. The third kappa shape index (κ3) is 4.00. The van der Waals surface area contributed by atoms with Gasteiger partial charge in [0.15, 0.2) is 0 Å². The molecule has 0 saturated carbocycles. The van der Waals surface area contributed by atoms with Crippen LogP contribution in [-0.2, 0) is 29.0 Å². The highest BCUT2D eigenvalue weighted by molar-refractivity contribution is 7.89. The second-order valence-electron chi connectivity index (χ2n) is 7.93. The lowest BCUT2D eigenvalue weighted by Crippen LogP contribution is -2.48. The number of aryl methyl sites for hydroxylation is 1. The smallest absolute Gasteiger partial charge is 0.246 e. The highest BCUT2D eigenvalue weighted by atomic mass is 32.2. The summed E-state index contributed by atoms with van der Waals surface area (Å²) < 4.78 is 29.6. The van der Waals surface area contributed by atoms with Gasteiger partial charge in [0.05, 0.1) is 5.69 Å². The van der Waals surface area contributed by atoms with Crippen molar-refractivity contribution in [1.29, 1.82) is 0 Å². The maximum absolute atomic E-state index is 13.2. The van der Waals surface area contributed by atoms with E-state index in [-0.39, 0.29) is 5.41 Å². The number of sulfonamides is 1. The lowest BCUT2D eigenvalue weighted by Gasteiger charge is -2.34. The molecular formula is C19H28N4O2S. The maximum atomic E-state index is 13.2. The molecule has 1 aliphatic rings. The van der Waals surface area contributed by atoms with Gasteiger partial charge in [0.1, 0.15) is 4.90 Å². The van der Waals surface area contributed by atoms with Crippen molar-refractivity contribution >= 4 is 10.0 Å². The zero-order chi connectivity index (χ0) is 18.9. The van der Waals surface area contributed by atoms with Crippen molar-refractivity contribution < 1.29 is 8.42 Å². The van der Waals surface area contributed by atoms with Crippen LogP contribution < -0.4 is 0 Å². The number of rotatable bonds is 4. The first-order chi connectivity index (χ1) is 12.2. The summed E-state index contributed by atoms with van der Waals surface area (Å²) in [5.41, 5.74) is 1.57. The van der Waals surface area contributed by atoms with Crippen molar-refractivity contribution in [2.75, 3.05) is 26.2 Å². The number of piperazine rings is 1. The van der Waals surface area contributed by atoms with Gasteiger partial charge in [-0.3, -0.25) is 9.58 Å². The van der Waals surface area contributed by atoms with Crippen LogP contribution in [0.15, 0.2) is 41.4 Å². The van der Waals surface area contributed by atoms with E-state index in [1.165, 1.54) is 5.56 Å². The summed E-state index contributed by atoms with van der Waals surface area (Å²) in [5.74, 6) is 0. The van der Waals surface area contributed by atoms with Crippen LogP contribution in [0.5, 0.6) is 0 Å². The topological polar surface area (TPSA) is 58.4 Å². The molecule has 0 N–H and O–H groups in total. The van der Waals surface area contributed by atoms with Crippen molar-refractivity contribution in [3.05, 3.63) is 47.8 Å². The molecule has 1 aromatic carbocycles. The summed E-state index contributed by atoms with van der Waals surface area (Å²) in [5, 5.41) is 4.41. The molecule has 7 heteroatoms. The number of nitrogens with zero attached hydrogens (tertiary/aromatic N) is 4. The third-order valence-electron chi connectivity index (χ3n) is 4.70. The number of hydrogen-bond donors (Lipinski definition) is 0. The summed E-state index contributed by atoms with van der Waals surface area (Å²) >= 11 is 0. The standard InChI is InChI=1S/C19H28N4O2S/c1-19(2,3)18-17(15-21(4)20-18)26(24,25)23-12-10-22(11-13-23)14-16-8-6-5-7-9-16/h5-9,15H,10-14H2,1-4H3. The molecular weight excluding hydrogens is 348 g/mol. The van der Waals surface area contributed by atoms with E-state index in [2.05, 4.69) is 22.1 Å². The maximum Gasteiger partial charge on any atom is 0.246 e. The van der Waals surface area contributed by atoms with E-state index in [0.717, 1.165) is 19.6 Å². The first-order valence-corrected chi connectivity index (χ1v) is 10.4. The summed E-state index contributed by atoms with van der Waals surface area (Å²) in [7, 11) is -1.76. The van der Waals surface area contributed by atoms with Gasteiger partial charge in [0.2, 0.25) is 10.0 Å². The molecule has 2 aromatic rings. The van der Waals surface area contributed by atoms with E-state index in [0.29, 0.717) is 23.7 Å². The molecule has 26 heavy (non-hydrogen) atoms. The minimum Gasteiger partial charge on any atom is -0.296 e. The normalized spacial score (nSPS) is 17.5. The van der Waals surface area contributed by atoms with E-state index in [9.17, 15) is 8.42 Å². The minimum atomic E-state index is -3.53. The molecule has 0 bridgehead atoms. The molecule has 0 aliphatic carbocycles. The van der Waals surface area contributed by atoms with Gasteiger partial charge in [-0.05, 0) is 5.56 Å². The fourth-order valence-corrected chi connectivity index (χ4v) is 5.08. The largest absolute Gasteiger partial charge is 0.296 e. The van der Waals surface area contributed by atoms with Crippen molar-refractivity contribution in [3.8, 4) is 0 Å². The van der Waals surface area contributed by atoms with Crippen molar-refractivity contribution in [2.24, 2.45) is 7.05 Å². The average Bonchev–Trinajstić information content (AvgIpc) is 2.99. The van der Waals surface area contributed by atoms with Crippen LogP contribution >= 0.6 is 0 Å². The number of aromatic nitrogens is 2. The van der Waals surface area contributed by atoms with Gasteiger partial charge in [0, 0.05) is 51.4 Å².